The molecule has 2 rings (SSSR count). The van der Waals surface area contributed by atoms with Crippen molar-refractivity contribution in [2.24, 2.45) is 0 Å². The molecule has 1 aromatic carbocycles. The lowest BCUT2D eigenvalue weighted by Gasteiger charge is -2.09. The van der Waals surface area contributed by atoms with Crippen molar-refractivity contribution in [2.45, 2.75) is 19.8 Å². The van der Waals surface area contributed by atoms with Crippen LogP contribution < -0.4 is 10.9 Å². The number of carbonyl (C=O) groups excluding carboxylic acids is 1. The first kappa shape index (κ1) is 13.1. The Labute approximate surface area is 111 Å². The first-order valence-corrected chi connectivity index (χ1v) is 6.17. The molecule has 0 atom stereocenters. The molecule has 0 aliphatic carbocycles. The Bertz CT molecular complexity index is 644. The van der Waals surface area contributed by atoms with Gasteiger partial charge in [0.2, 0.25) is 5.56 Å². The van der Waals surface area contributed by atoms with Crippen molar-refractivity contribution >= 4 is 11.6 Å². The van der Waals surface area contributed by atoms with Crippen LogP contribution in [0.5, 0.6) is 0 Å². The minimum atomic E-state index is -0.321. The molecular weight excluding hydrogens is 240 g/mol. The maximum absolute atomic E-state index is 12.0. The first-order valence-electron chi connectivity index (χ1n) is 6.17. The second-order valence-electron chi connectivity index (χ2n) is 4.66. The van der Waals surface area contributed by atoms with Gasteiger partial charge in [-0.2, -0.15) is 0 Å². The van der Waals surface area contributed by atoms with Gasteiger partial charge in [-0.1, -0.05) is 32.0 Å². The number of hydrogen-bond acceptors (Lipinski definition) is 2. The predicted octanol–water partition coefficient (Wildman–Crippen LogP) is 2.75. The molecule has 4 heteroatoms. The normalized spacial score (nSPS) is 10.5. The smallest absolute Gasteiger partial charge is 0.272 e. The fourth-order valence-corrected chi connectivity index (χ4v) is 1.75. The zero-order valence-electron chi connectivity index (χ0n) is 10.9. The molecule has 0 radical (unpaired) electrons. The van der Waals surface area contributed by atoms with Crippen molar-refractivity contribution in [3.05, 3.63) is 64.1 Å². The van der Waals surface area contributed by atoms with Crippen LogP contribution in [0.15, 0.2) is 47.3 Å². The van der Waals surface area contributed by atoms with Gasteiger partial charge in [0.05, 0.1) is 0 Å². The lowest BCUT2D eigenvalue weighted by atomic mass is 10.0. The van der Waals surface area contributed by atoms with Gasteiger partial charge in [0.25, 0.3) is 5.91 Å². The largest absolute Gasteiger partial charge is 0.321 e. The molecule has 0 saturated heterocycles. The van der Waals surface area contributed by atoms with E-state index in [0.717, 1.165) is 11.3 Å². The summed E-state index contributed by atoms with van der Waals surface area (Å²) in [5.74, 6) is 0.0759. The molecule has 2 N–H and O–H groups in total. The lowest BCUT2D eigenvalue weighted by molar-refractivity contribution is 0.102. The van der Waals surface area contributed by atoms with Crippen molar-refractivity contribution in [1.29, 1.82) is 0 Å². The number of aromatic nitrogens is 1. The maximum Gasteiger partial charge on any atom is 0.272 e. The van der Waals surface area contributed by atoms with Gasteiger partial charge in [-0.15, -0.1) is 0 Å². The number of benzene rings is 1. The van der Waals surface area contributed by atoms with Crippen LogP contribution in [0.2, 0.25) is 0 Å². The Kier molecular flexibility index (Phi) is 3.80. The highest BCUT2D eigenvalue weighted by atomic mass is 16.2. The van der Waals surface area contributed by atoms with Crippen molar-refractivity contribution in [2.75, 3.05) is 5.32 Å². The minimum absolute atomic E-state index is 0.252. The molecule has 98 valence electrons. The van der Waals surface area contributed by atoms with Gasteiger partial charge in [0, 0.05) is 11.8 Å². The number of rotatable bonds is 3. The van der Waals surface area contributed by atoms with E-state index in [1.165, 1.54) is 6.07 Å². The predicted molar refractivity (Wildman–Crippen MR) is 75.5 cm³/mol. The van der Waals surface area contributed by atoms with Crippen molar-refractivity contribution < 1.29 is 4.79 Å². The Morgan fingerprint density at radius 3 is 2.58 bits per heavy atom. The quantitative estimate of drug-likeness (QED) is 0.887. The number of aromatic amines is 1. The summed E-state index contributed by atoms with van der Waals surface area (Å²) in [4.78, 5) is 25.6. The minimum Gasteiger partial charge on any atom is -0.321 e. The number of pyridine rings is 1. The highest BCUT2D eigenvalue weighted by Crippen LogP contribution is 2.18. The molecule has 1 amide bonds. The summed E-state index contributed by atoms with van der Waals surface area (Å²) in [6.07, 6.45) is 0. The highest BCUT2D eigenvalue weighted by molar-refractivity contribution is 6.02. The average Bonchev–Trinajstić information content (AvgIpc) is 2.39. The Morgan fingerprint density at radius 2 is 1.89 bits per heavy atom. The van der Waals surface area contributed by atoms with E-state index in [-0.39, 0.29) is 17.2 Å². The standard InChI is InChI=1S/C15H16N2O2/c1-10(2)11-5-3-6-12(9-11)16-15(19)13-7-4-8-14(18)17-13/h3-10H,1-2H3,(H,16,19)(H,17,18). The molecule has 2 aromatic rings. The van der Waals surface area contributed by atoms with E-state index in [4.69, 9.17) is 0 Å². The van der Waals surface area contributed by atoms with Crippen LogP contribution in [0.4, 0.5) is 5.69 Å². The number of hydrogen-bond donors (Lipinski definition) is 2. The molecule has 0 unspecified atom stereocenters. The Morgan fingerprint density at radius 1 is 1.16 bits per heavy atom. The number of nitrogens with one attached hydrogen (secondary N) is 2. The molecule has 0 fully saturated rings. The van der Waals surface area contributed by atoms with Crippen molar-refractivity contribution in [3.63, 3.8) is 0 Å². The maximum atomic E-state index is 12.0. The lowest BCUT2D eigenvalue weighted by Crippen LogP contribution is -2.17. The summed E-state index contributed by atoms with van der Waals surface area (Å²) in [6, 6.07) is 12.2. The molecule has 0 spiro atoms. The van der Waals surface area contributed by atoms with Crippen LogP contribution in [-0.2, 0) is 0 Å². The summed E-state index contributed by atoms with van der Waals surface area (Å²) >= 11 is 0. The van der Waals surface area contributed by atoms with Gasteiger partial charge >= 0.3 is 0 Å². The van der Waals surface area contributed by atoms with E-state index < -0.39 is 0 Å². The van der Waals surface area contributed by atoms with E-state index in [2.05, 4.69) is 24.1 Å². The molecule has 0 saturated carbocycles. The van der Waals surface area contributed by atoms with Gasteiger partial charge < -0.3 is 10.3 Å². The van der Waals surface area contributed by atoms with E-state index in [9.17, 15) is 9.59 Å². The molecule has 0 bridgehead atoms. The number of amides is 1. The van der Waals surface area contributed by atoms with Crippen molar-refractivity contribution in [3.8, 4) is 0 Å². The third-order valence-corrected chi connectivity index (χ3v) is 2.82. The highest BCUT2D eigenvalue weighted by Gasteiger charge is 2.07. The van der Waals surface area contributed by atoms with Crippen LogP contribution in [-0.4, -0.2) is 10.9 Å². The van der Waals surface area contributed by atoms with Crippen molar-refractivity contribution in [1.82, 2.24) is 4.98 Å². The van der Waals surface area contributed by atoms with Gasteiger partial charge in [-0.05, 0) is 29.7 Å². The Hall–Kier alpha value is -2.36. The molecule has 19 heavy (non-hydrogen) atoms. The van der Waals surface area contributed by atoms with E-state index in [1.54, 1.807) is 12.1 Å². The van der Waals surface area contributed by atoms with E-state index in [1.807, 2.05) is 24.3 Å². The average molecular weight is 256 g/mol. The molecule has 0 aliphatic heterocycles. The first-order chi connectivity index (χ1) is 9.06. The van der Waals surface area contributed by atoms with Gasteiger partial charge in [-0.3, -0.25) is 9.59 Å². The van der Waals surface area contributed by atoms with Gasteiger partial charge in [0.1, 0.15) is 5.69 Å². The summed E-state index contributed by atoms with van der Waals surface area (Å²) in [5.41, 5.74) is 1.84. The molecule has 1 heterocycles. The summed E-state index contributed by atoms with van der Waals surface area (Å²) in [5, 5.41) is 2.77. The van der Waals surface area contributed by atoms with Crippen LogP contribution in [0.3, 0.4) is 0 Å². The fraction of sp³-hybridized carbons (Fsp3) is 0.200. The zero-order chi connectivity index (χ0) is 13.8. The monoisotopic (exact) mass is 256 g/mol. The number of carbonyl (C=O) groups is 1. The SMILES string of the molecule is CC(C)c1cccc(NC(=O)c2cccc(=O)[nH]2)c1. The third-order valence-electron chi connectivity index (χ3n) is 2.82. The third kappa shape index (κ3) is 3.31. The van der Waals surface area contributed by atoms with Crippen LogP contribution in [0, 0.1) is 0 Å². The van der Waals surface area contributed by atoms with Crippen LogP contribution in [0.25, 0.3) is 0 Å². The Balaban J connectivity index is 2.19. The summed E-state index contributed by atoms with van der Waals surface area (Å²) in [6.45, 7) is 4.19. The second kappa shape index (κ2) is 5.52. The van der Waals surface area contributed by atoms with Gasteiger partial charge in [-0.25, -0.2) is 0 Å². The number of anilines is 1. The van der Waals surface area contributed by atoms with Gasteiger partial charge in [0.15, 0.2) is 0 Å². The molecular formula is C15H16N2O2. The molecule has 1 aromatic heterocycles. The van der Waals surface area contributed by atoms with Crippen LogP contribution in [0.1, 0.15) is 35.8 Å². The second-order valence-corrected chi connectivity index (χ2v) is 4.66. The molecule has 4 nitrogen and oxygen atoms in total. The fourth-order valence-electron chi connectivity index (χ4n) is 1.75. The zero-order valence-corrected chi connectivity index (χ0v) is 10.9. The number of H-pyrrole nitrogens is 1. The van der Waals surface area contributed by atoms with E-state index >= 15 is 0 Å². The molecule has 0 aliphatic rings. The van der Waals surface area contributed by atoms with E-state index in [0.29, 0.717) is 5.92 Å². The topological polar surface area (TPSA) is 62.0 Å². The summed E-state index contributed by atoms with van der Waals surface area (Å²) in [7, 11) is 0. The van der Waals surface area contributed by atoms with Crippen LogP contribution >= 0.6 is 0 Å². The summed E-state index contributed by atoms with van der Waals surface area (Å²) < 4.78 is 0.